The van der Waals surface area contributed by atoms with Crippen LogP contribution < -0.4 is 52.2 Å². The predicted octanol–water partition coefficient (Wildman–Crippen LogP) is 29.4. The van der Waals surface area contributed by atoms with Crippen molar-refractivity contribution in [2.24, 2.45) is 0 Å². The highest BCUT2D eigenvalue weighted by Crippen LogP contribution is 2.62. The molecule has 4 nitrogen and oxygen atoms in total. The van der Waals surface area contributed by atoms with E-state index < -0.39 is 5.41 Å². The molecule has 4 heterocycles. The third-order valence-corrected chi connectivity index (χ3v) is 28.5. The van der Waals surface area contributed by atoms with Crippen molar-refractivity contribution in [2.45, 2.75) is 110 Å². The van der Waals surface area contributed by atoms with Crippen LogP contribution in [-0.4, -0.2) is 13.4 Å². The normalized spacial score (nSPS) is 13.7. The number of para-hydroxylation sites is 2. The summed E-state index contributed by atoms with van der Waals surface area (Å²) in [6.07, 6.45) is 0. The quantitative estimate of drug-likeness (QED) is 0.113. The zero-order valence-corrected chi connectivity index (χ0v) is 76.6. The molecular weight excluding hydrogens is 1580 g/mol. The summed E-state index contributed by atoms with van der Waals surface area (Å²) in [7, 11) is 0. The van der Waals surface area contributed by atoms with E-state index in [-0.39, 0.29) is 35.1 Å². The minimum Gasteiger partial charge on any atom is -0.458 e. The average molecular weight is 1680 g/mol. The van der Waals surface area contributed by atoms with E-state index in [1.54, 1.807) is 0 Å². The molecule has 0 bridgehead atoms. The van der Waals surface area contributed by atoms with E-state index in [1.165, 1.54) is 88.6 Å². The lowest BCUT2D eigenvalue weighted by molar-refractivity contribution is 0.488. The molecule has 0 N–H and O–H groups in total. The van der Waals surface area contributed by atoms with Gasteiger partial charge in [0, 0.05) is 73.6 Å². The largest absolute Gasteiger partial charge is 0.458 e. The van der Waals surface area contributed by atoms with Crippen LogP contribution in [0.5, 0.6) is 11.5 Å². The summed E-state index contributed by atoms with van der Waals surface area (Å²) in [6, 6.07) is 155. The van der Waals surface area contributed by atoms with Gasteiger partial charge in [0.2, 0.25) is 0 Å². The van der Waals surface area contributed by atoms with Gasteiger partial charge >= 0.3 is 0 Å². The van der Waals surface area contributed by atoms with Crippen molar-refractivity contribution in [1.29, 1.82) is 0 Å². The van der Waals surface area contributed by atoms with E-state index in [4.69, 9.17) is 4.74 Å². The molecule has 0 spiro atoms. The van der Waals surface area contributed by atoms with E-state index in [0.29, 0.717) is 0 Å². The van der Waals surface area contributed by atoms with Crippen LogP contribution in [0.2, 0.25) is 0 Å². The first-order chi connectivity index (χ1) is 63.6. The van der Waals surface area contributed by atoms with E-state index >= 15 is 0 Å². The lowest BCUT2D eigenvalue weighted by Gasteiger charge is -2.47. The minimum absolute atomic E-state index is 0.202. The van der Waals surface area contributed by atoms with Gasteiger partial charge in [0.15, 0.2) is 0 Å². The minimum atomic E-state index is -0.738. The van der Waals surface area contributed by atoms with Crippen LogP contribution in [0.25, 0.3) is 89.0 Å². The molecule has 630 valence electrons. The molecule has 23 rings (SSSR count). The standard InChI is InChI=1S/C125H103B2N3O/c1-121(2,3)89-70-96(80-44-21-13-22-45-80)118(97(71-89)81-46-23-14-24-47-81)128-108-67-42-40-65-104(108)127-106-78-105-109(79-113(106)131-114-69-86(68-110(128)117(114)127)93-61-43-62-95-94-60-37-38-63-102(94)125(115(93)95,87-56-33-19-34-57-87)88-58-35-20-36-59-88)130(120-100(84-52-29-17-30-53-84)74-91(123(7,8)9)75-101(120)85-54-31-18-32-55-85)112-77-92(124(10,11)12)76-111-116(112)126(105)103-64-39-41-66-107(103)129(111)119-98(82-48-25-15-26-49-82)72-90(122(4,5)6)73-99(119)83-50-27-16-28-51-83/h13-79H,1-12H3. The van der Waals surface area contributed by atoms with E-state index in [9.17, 15) is 0 Å². The van der Waals surface area contributed by atoms with Crippen LogP contribution in [0, 0.1) is 0 Å². The number of ether oxygens (including phenoxy) is 1. The van der Waals surface area contributed by atoms with Gasteiger partial charge in [-0.05, 0) is 227 Å². The van der Waals surface area contributed by atoms with Gasteiger partial charge in [0.25, 0.3) is 13.4 Å². The lowest BCUT2D eigenvalue weighted by atomic mass is 9.30. The van der Waals surface area contributed by atoms with Crippen molar-refractivity contribution in [3.05, 3.63) is 451 Å². The molecule has 18 aromatic rings. The highest BCUT2D eigenvalue weighted by atomic mass is 16.5. The molecule has 4 aliphatic heterocycles. The number of fused-ring (bicyclic) bond motifs is 11. The molecule has 0 amide bonds. The molecule has 5 aliphatic rings. The molecule has 131 heavy (non-hydrogen) atoms. The molecule has 0 radical (unpaired) electrons. The number of hydrogen-bond acceptors (Lipinski definition) is 4. The van der Waals surface area contributed by atoms with Crippen molar-refractivity contribution >= 4 is 97.4 Å². The van der Waals surface area contributed by atoms with Crippen molar-refractivity contribution in [1.82, 2.24) is 0 Å². The van der Waals surface area contributed by atoms with Gasteiger partial charge in [-0.2, -0.15) is 0 Å². The van der Waals surface area contributed by atoms with E-state index in [1.807, 2.05) is 0 Å². The molecule has 6 heteroatoms. The van der Waals surface area contributed by atoms with E-state index in [0.717, 1.165) is 140 Å². The maximum Gasteiger partial charge on any atom is 0.256 e. The monoisotopic (exact) mass is 1680 g/mol. The lowest BCUT2D eigenvalue weighted by Crippen LogP contribution is -2.64. The smallest absolute Gasteiger partial charge is 0.256 e. The fourth-order valence-corrected chi connectivity index (χ4v) is 22.1. The topological polar surface area (TPSA) is 19.0 Å². The summed E-state index contributed by atoms with van der Waals surface area (Å²) in [6.45, 7) is 27.8. The van der Waals surface area contributed by atoms with Gasteiger partial charge in [0.1, 0.15) is 11.5 Å². The Hall–Kier alpha value is -14.7. The van der Waals surface area contributed by atoms with Gasteiger partial charge in [-0.15, -0.1) is 0 Å². The number of benzene rings is 18. The molecule has 0 saturated carbocycles. The summed E-state index contributed by atoms with van der Waals surface area (Å²) in [5, 5.41) is 0. The SMILES string of the molecule is CC(C)(C)c1cc(-c2ccccc2)c(N2c3ccccc3B3c4cc5c(cc4Oc4cc(-c6cccc7c6C(c6ccccc6)(c6ccccc6)c6ccccc6-7)cc2c43)N(c2c(-c3ccccc3)cc(C(C)(C)C)cc2-c2ccccc2)c2cc(C(C)(C)C)cc3c2B5c2ccccc2N3c2c(-c3ccccc3)cc(C(C)(C)C)cc2-c2ccccc2)c(-c2ccccc2)c1. The fourth-order valence-electron chi connectivity index (χ4n) is 22.1. The molecule has 0 unspecified atom stereocenters. The maximum absolute atomic E-state index is 8.52. The van der Waals surface area contributed by atoms with Gasteiger partial charge < -0.3 is 19.4 Å². The maximum atomic E-state index is 8.52. The molecule has 1 aliphatic carbocycles. The Bertz CT molecular complexity index is 7350. The van der Waals surface area contributed by atoms with Crippen molar-refractivity contribution < 1.29 is 4.74 Å². The molecule has 18 aromatic carbocycles. The highest BCUT2D eigenvalue weighted by Gasteiger charge is 2.52. The summed E-state index contributed by atoms with van der Waals surface area (Å²) >= 11 is 0. The summed E-state index contributed by atoms with van der Waals surface area (Å²) in [5.41, 5.74) is 43.5. The Labute approximate surface area is 773 Å². The van der Waals surface area contributed by atoms with Crippen LogP contribution in [0.15, 0.2) is 406 Å². The number of anilines is 9. The Morgan fingerprint density at radius 3 is 0.916 bits per heavy atom. The number of hydrogen-bond donors (Lipinski definition) is 0. The Balaban J connectivity index is 0.869. The van der Waals surface area contributed by atoms with Crippen LogP contribution in [-0.2, 0) is 27.1 Å². The van der Waals surface area contributed by atoms with Crippen molar-refractivity contribution in [3.8, 4) is 101 Å². The van der Waals surface area contributed by atoms with Crippen LogP contribution >= 0.6 is 0 Å². The molecule has 0 saturated heterocycles. The number of nitrogens with zero attached hydrogens (tertiary/aromatic N) is 3. The Morgan fingerprint density at radius 1 is 0.214 bits per heavy atom. The first-order valence-corrected chi connectivity index (χ1v) is 46.6. The van der Waals surface area contributed by atoms with Gasteiger partial charge in [0.05, 0.1) is 22.5 Å². The zero-order chi connectivity index (χ0) is 89.1. The molecular formula is C125H103B2N3O. The van der Waals surface area contributed by atoms with Crippen LogP contribution in [0.1, 0.15) is 128 Å². The Morgan fingerprint density at radius 2 is 0.527 bits per heavy atom. The van der Waals surface area contributed by atoms with Gasteiger partial charge in [-0.25, -0.2) is 0 Å². The summed E-state index contributed by atoms with van der Waals surface area (Å²) in [4.78, 5) is 8.10. The molecule has 0 atom stereocenters. The third kappa shape index (κ3) is 13.1. The molecule has 0 fully saturated rings. The second kappa shape index (κ2) is 30.8. The Kier molecular flexibility index (Phi) is 19.0. The first-order valence-electron chi connectivity index (χ1n) is 46.6. The number of rotatable bonds is 12. The van der Waals surface area contributed by atoms with Gasteiger partial charge in [-0.3, -0.25) is 0 Å². The van der Waals surface area contributed by atoms with Crippen LogP contribution in [0.3, 0.4) is 0 Å². The highest BCUT2D eigenvalue weighted by molar-refractivity contribution is 7.02. The summed E-state index contributed by atoms with van der Waals surface area (Å²) in [5.74, 6) is 1.62. The van der Waals surface area contributed by atoms with Crippen molar-refractivity contribution in [2.75, 3.05) is 14.7 Å². The second-order valence-corrected chi connectivity index (χ2v) is 40.6. The summed E-state index contributed by atoms with van der Waals surface area (Å²) < 4.78 is 8.52. The van der Waals surface area contributed by atoms with Crippen LogP contribution in [0.4, 0.5) is 51.2 Å². The first kappa shape index (κ1) is 80.8. The average Bonchev–Trinajstić information content (AvgIpc) is 1.58. The van der Waals surface area contributed by atoms with Gasteiger partial charge in [-0.1, -0.05) is 411 Å². The predicted molar refractivity (Wildman–Crippen MR) is 556 cm³/mol. The molecule has 0 aromatic heterocycles. The van der Waals surface area contributed by atoms with E-state index in [2.05, 4.69) is 504 Å². The van der Waals surface area contributed by atoms with Crippen molar-refractivity contribution in [3.63, 3.8) is 0 Å². The fraction of sp³-hybridized carbons (Fsp3) is 0.136. The zero-order valence-electron chi connectivity index (χ0n) is 76.6. The third-order valence-electron chi connectivity index (χ3n) is 28.5. The second-order valence-electron chi connectivity index (χ2n) is 40.6.